The third-order valence-electron chi connectivity index (χ3n) is 2.37. The minimum atomic E-state index is -0.636. The lowest BCUT2D eigenvalue weighted by Crippen LogP contribution is -2.12. The van der Waals surface area contributed by atoms with Crippen LogP contribution in [0.25, 0.3) is 0 Å². The molecule has 0 spiro atoms. The van der Waals surface area contributed by atoms with Crippen LogP contribution in [0.5, 0.6) is 0 Å². The number of carbonyl (C=O) groups excluding carboxylic acids is 1. The standard InChI is InChI=1S/C13H7BrCl2FNO/c14-9-5-4-7(6-10(9)15)18-13(19)8-2-1-3-11(17)12(8)16/h1-6H,(H,18,19). The highest BCUT2D eigenvalue weighted by atomic mass is 79.9. The number of anilines is 1. The maximum absolute atomic E-state index is 13.3. The third-order valence-corrected chi connectivity index (χ3v) is 3.99. The topological polar surface area (TPSA) is 29.1 Å². The van der Waals surface area contributed by atoms with Gasteiger partial charge in [0, 0.05) is 10.2 Å². The Morgan fingerprint density at radius 2 is 1.95 bits per heavy atom. The predicted molar refractivity (Wildman–Crippen MR) is 78.5 cm³/mol. The Morgan fingerprint density at radius 3 is 2.63 bits per heavy atom. The van der Waals surface area contributed by atoms with Crippen molar-refractivity contribution in [1.29, 1.82) is 0 Å². The van der Waals surface area contributed by atoms with Crippen LogP contribution in [0.3, 0.4) is 0 Å². The van der Waals surface area contributed by atoms with E-state index in [0.29, 0.717) is 10.7 Å². The van der Waals surface area contributed by atoms with Gasteiger partial charge in [0.15, 0.2) is 0 Å². The highest BCUT2D eigenvalue weighted by Gasteiger charge is 2.13. The zero-order chi connectivity index (χ0) is 14.0. The van der Waals surface area contributed by atoms with E-state index in [1.165, 1.54) is 18.2 Å². The normalized spacial score (nSPS) is 10.3. The van der Waals surface area contributed by atoms with Crippen molar-refractivity contribution in [2.75, 3.05) is 5.32 Å². The van der Waals surface area contributed by atoms with Gasteiger partial charge in [-0.3, -0.25) is 4.79 Å². The first-order valence-electron chi connectivity index (χ1n) is 5.19. The van der Waals surface area contributed by atoms with Gasteiger partial charge in [-0.05, 0) is 46.3 Å². The lowest BCUT2D eigenvalue weighted by molar-refractivity contribution is 0.102. The highest BCUT2D eigenvalue weighted by molar-refractivity contribution is 9.10. The van der Waals surface area contributed by atoms with Gasteiger partial charge in [0.1, 0.15) is 5.82 Å². The molecule has 0 aliphatic carbocycles. The minimum absolute atomic E-state index is 0.0701. The Labute approximate surface area is 127 Å². The smallest absolute Gasteiger partial charge is 0.257 e. The molecule has 2 aromatic carbocycles. The van der Waals surface area contributed by atoms with E-state index in [1.54, 1.807) is 18.2 Å². The number of nitrogens with one attached hydrogen (secondary N) is 1. The number of hydrogen-bond acceptors (Lipinski definition) is 1. The predicted octanol–water partition coefficient (Wildman–Crippen LogP) is 5.15. The molecule has 0 atom stereocenters. The van der Waals surface area contributed by atoms with Crippen LogP contribution in [0.4, 0.5) is 10.1 Å². The van der Waals surface area contributed by atoms with Crippen molar-refractivity contribution in [3.63, 3.8) is 0 Å². The first kappa shape index (κ1) is 14.3. The van der Waals surface area contributed by atoms with E-state index in [-0.39, 0.29) is 10.6 Å². The minimum Gasteiger partial charge on any atom is -0.322 e. The summed E-state index contributed by atoms with van der Waals surface area (Å²) in [7, 11) is 0. The van der Waals surface area contributed by atoms with Crippen LogP contribution in [0.2, 0.25) is 10.0 Å². The molecule has 0 saturated heterocycles. The SMILES string of the molecule is O=C(Nc1ccc(Br)c(Cl)c1)c1cccc(F)c1Cl. The van der Waals surface area contributed by atoms with E-state index in [4.69, 9.17) is 23.2 Å². The second-order valence-corrected chi connectivity index (χ2v) is 5.32. The van der Waals surface area contributed by atoms with Gasteiger partial charge >= 0.3 is 0 Å². The fourth-order valence-corrected chi connectivity index (χ4v) is 2.09. The molecule has 0 aliphatic rings. The Hall–Kier alpha value is -1.10. The fourth-order valence-electron chi connectivity index (χ4n) is 1.45. The Bertz CT molecular complexity index is 649. The molecule has 2 nitrogen and oxygen atoms in total. The van der Waals surface area contributed by atoms with Gasteiger partial charge in [0.25, 0.3) is 5.91 Å². The Kier molecular flexibility index (Phi) is 4.45. The van der Waals surface area contributed by atoms with Crippen LogP contribution >= 0.6 is 39.1 Å². The van der Waals surface area contributed by atoms with Gasteiger partial charge in [0.05, 0.1) is 15.6 Å². The largest absolute Gasteiger partial charge is 0.322 e. The van der Waals surface area contributed by atoms with Crippen LogP contribution in [-0.4, -0.2) is 5.91 Å². The van der Waals surface area contributed by atoms with Crippen LogP contribution in [0, 0.1) is 5.82 Å². The van der Waals surface area contributed by atoms with Crippen molar-refractivity contribution in [3.8, 4) is 0 Å². The summed E-state index contributed by atoms with van der Waals surface area (Å²) in [6.45, 7) is 0. The lowest BCUT2D eigenvalue weighted by Gasteiger charge is -2.08. The molecular weight excluding hydrogens is 356 g/mol. The van der Waals surface area contributed by atoms with Gasteiger partial charge in [-0.2, -0.15) is 0 Å². The van der Waals surface area contributed by atoms with Crippen LogP contribution < -0.4 is 5.32 Å². The molecule has 0 unspecified atom stereocenters. The number of hydrogen-bond donors (Lipinski definition) is 1. The maximum Gasteiger partial charge on any atom is 0.257 e. The van der Waals surface area contributed by atoms with Gasteiger partial charge in [-0.25, -0.2) is 4.39 Å². The van der Waals surface area contributed by atoms with E-state index < -0.39 is 11.7 Å². The zero-order valence-electron chi connectivity index (χ0n) is 9.38. The third kappa shape index (κ3) is 3.26. The van der Waals surface area contributed by atoms with E-state index in [0.717, 1.165) is 4.47 Å². The van der Waals surface area contributed by atoms with E-state index >= 15 is 0 Å². The average molecular weight is 363 g/mol. The van der Waals surface area contributed by atoms with Crippen molar-refractivity contribution in [1.82, 2.24) is 0 Å². The number of amides is 1. The Morgan fingerprint density at radius 1 is 1.21 bits per heavy atom. The molecule has 2 aromatic rings. The van der Waals surface area contributed by atoms with Crippen LogP contribution in [0.15, 0.2) is 40.9 Å². The Balaban J connectivity index is 2.26. The van der Waals surface area contributed by atoms with Gasteiger partial charge in [-0.1, -0.05) is 29.3 Å². The second kappa shape index (κ2) is 5.90. The molecule has 0 aliphatic heterocycles. The van der Waals surface area contributed by atoms with Crippen molar-refractivity contribution in [2.45, 2.75) is 0 Å². The molecule has 19 heavy (non-hydrogen) atoms. The molecule has 6 heteroatoms. The molecule has 0 saturated carbocycles. The molecular formula is C13H7BrCl2FNO. The van der Waals surface area contributed by atoms with Crippen molar-refractivity contribution in [2.24, 2.45) is 0 Å². The van der Waals surface area contributed by atoms with Crippen molar-refractivity contribution >= 4 is 50.7 Å². The summed E-state index contributed by atoms with van der Waals surface area (Å²) in [5, 5.41) is 2.85. The summed E-state index contributed by atoms with van der Waals surface area (Å²) < 4.78 is 14.0. The zero-order valence-corrected chi connectivity index (χ0v) is 12.5. The van der Waals surface area contributed by atoms with E-state index in [2.05, 4.69) is 21.2 Å². The molecule has 0 heterocycles. The molecule has 1 amide bonds. The number of halogens is 4. The summed E-state index contributed by atoms with van der Waals surface area (Å²) in [5.74, 6) is -1.13. The molecule has 1 N–H and O–H groups in total. The van der Waals surface area contributed by atoms with Gasteiger partial charge in [-0.15, -0.1) is 0 Å². The molecule has 98 valence electrons. The van der Waals surface area contributed by atoms with Gasteiger partial charge in [0.2, 0.25) is 0 Å². The van der Waals surface area contributed by atoms with Crippen molar-refractivity contribution < 1.29 is 9.18 Å². The number of rotatable bonds is 2. The summed E-state index contributed by atoms with van der Waals surface area (Å²) in [6.07, 6.45) is 0. The first-order valence-corrected chi connectivity index (χ1v) is 6.74. The summed E-state index contributed by atoms with van der Waals surface area (Å²) >= 11 is 14.9. The average Bonchev–Trinajstić information content (AvgIpc) is 2.37. The maximum atomic E-state index is 13.3. The summed E-state index contributed by atoms with van der Waals surface area (Å²) in [6, 6.07) is 9.00. The molecule has 0 aromatic heterocycles. The number of carbonyl (C=O) groups is 1. The quantitative estimate of drug-likeness (QED) is 0.786. The lowest BCUT2D eigenvalue weighted by atomic mass is 10.2. The van der Waals surface area contributed by atoms with Crippen molar-refractivity contribution in [3.05, 3.63) is 62.3 Å². The van der Waals surface area contributed by atoms with Crippen LogP contribution in [-0.2, 0) is 0 Å². The molecule has 0 radical (unpaired) electrons. The van der Waals surface area contributed by atoms with Crippen LogP contribution in [0.1, 0.15) is 10.4 Å². The monoisotopic (exact) mass is 361 g/mol. The number of benzene rings is 2. The first-order chi connectivity index (χ1) is 8.99. The van der Waals surface area contributed by atoms with E-state index in [9.17, 15) is 9.18 Å². The van der Waals surface area contributed by atoms with Gasteiger partial charge < -0.3 is 5.32 Å². The molecule has 0 bridgehead atoms. The second-order valence-electron chi connectivity index (χ2n) is 3.68. The van der Waals surface area contributed by atoms with E-state index in [1.807, 2.05) is 0 Å². The fraction of sp³-hybridized carbons (Fsp3) is 0. The molecule has 2 rings (SSSR count). The molecule has 0 fully saturated rings. The summed E-state index contributed by atoms with van der Waals surface area (Å²) in [4.78, 5) is 12.0. The highest BCUT2D eigenvalue weighted by Crippen LogP contribution is 2.26. The summed E-state index contributed by atoms with van der Waals surface area (Å²) in [5.41, 5.74) is 0.569.